The highest BCUT2D eigenvalue weighted by atomic mass is 16.3. The molecule has 0 spiro atoms. The Bertz CT molecular complexity index is 438. The largest absolute Gasteiger partial charge is 0.395 e. The van der Waals surface area contributed by atoms with E-state index in [0.29, 0.717) is 18.3 Å². The van der Waals surface area contributed by atoms with E-state index in [9.17, 15) is 4.79 Å². The number of carbonyl (C=O) groups excluding carboxylic acids is 1. The maximum Gasteiger partial charge on any atom is 0.276 e. The molecule has 2 heterocycles. The van der Waals surface area contributed by atoms with Crippen molar-refractivity contribution in [3.8, 4) is 0 Å². The Balaban J connectivity index is 1.71. The molecule has 0 bridgehead atoms. The van der Waals surface area contributed by atoms with Crippen molar-refractivity contribution in [2.24, 2.45) is 0 Å². The number of nitrogens with one attached hydrogen (secondary N) is 1. The number of aliphatic hydroxyl groups is 1. The average molecular weight is 251 g/mol. The van der Waals surface area contributed by atoms with E-state index >= 15 is 0 Å². The van der Waals surface area contributed by atoms with Gasteiger partial charge in [-0.1, -0.05) is 5.21 Å². The summed E-state index contributed by atoms with van der Waals surface area (Å²) in [6, 6.07) is 0.589. The molecule has 0 atom stereocenters. The van der Waals surface area contributed by atoms with Gasteiger partial charge < -0.3 is 15.3 Å². The maximum absolute atomic E-state index is 12.2. The van der Waals surface area contributed by atoms with Gasteiger partial charge in [0.2, 0.25) is 0 Å². The van der Waals surface area contributed by atoms with Gasteiger partial charge in [-0.25, -0.2) is 4.68 Å². The lowest BCUT2D eigenvalue weighted by molar-refractivity contribution is 0.0701. The van der Waals surface area contributed by atoms with Gasteiger partial charge in [0.1, 0.15) is 0 Å². The third-order valence-corrected chi connectivity index (χ3v) is 3.45. The summed E-state index contributed by atoms with van der Waals surface area (Å²) in [4.78, 5) is 13.9. The number of carbonyl (C=O) groups is 1. The normalized spacial score (nSPS) is 19.6. The molecule has 0 unspecified atom stereocenters. The maximum atomic E-state index is 12.2. The van der Waals surface area contributed by atoms with Crippen LogP contribution in [0.3, 0.4) is 0 Å². The molecule has 18 heavy (non-hydrogen) atoms. The molecule has 1 aliphatic carbocycles. The molecule has 1 aromatic heterocycles. The van der Waals surface area contributed by atoms with Crippen LogP contribution in [0.1, 0.15) is 29.4 Å². The second-order valence-corrected chi connectivity index (χ2v) is 4.85. The minimum atomic E-state index is -0.120. The number of aromatic nitrogens is 3. The molecule has 0 aromatic carbocycles. The summed E-state index contributed by atoms with van der Waals surface area (Å²) in [6.07, 6.45) is 3.75. The lowest BCUT2D eigenvalue weighted by Crippen LogP contribution is -2.43. The average Bonchev–Trinajstić information content (AvgIpc) is 3.03. The third-order valence-electron chi connectivity index (χ3n) is 3.45. The van der Waals surface area contributed by atoms with Gasteiger partial charge in [0, 0.05) is 25.7 Å². The van der Waals surface area contributed by atoms with Crippen LogP contribution in [0.15, 0.2) is 6.20 Å². The van der Waals surface area contributed by atoms with Crippen molar-refractivity contribution in [2.75, 3.05) is 26.2 Å². The fourth-order valence-corrected chi connectivity index (χ4v) is 2.10. The highest BCUT2D eigenvalue weighted by molar-refractivity contribution is 5.92. The Morgan fingerprint density at radius 2 is 2.33 bits per heavy atom. The Kier molecular flexibility index (Phi) is 3.00. The monoisotopic (exact) mass is 251 g/mol. The molecule has 0 radical (unpaired) electrons. The number of aliphatic hydroxyl groups excluding tert-OH is 1. The van der Waals surface area contributed by atoms with Crippen molar-refractivity contribution in [1.29, 1.82) is 0 Å². The van der Waals surface area contributed by atoms with E-state index in [1.54, 1.807) is 15.8 Å². The van der Waals surface area contributed by atoms with E-state index in [-0.39, 0.29) is 18.6 Å². The first-order valence-corrected chi connectivity index (χ1v) is 6.34. The van der Waals surface area contributed by atoms with E-state index in [1.807, 2.05) is 0 Å². The van der Waals surface area contributed by atoms with Crippen molar-refractivity contribution in [1.82, 2.24) is 25.2 Å². The number of nitrogens with zero attached hydrogens (tertiary/aromatic N) is 4. The molecule has 2 aliphatic rings. The van der Waals surface area contributed by atoms with Crippen molar-refractivity contribution in [3.05, 3.63) is 11.9 Å². The van der Waals surface area contributed by atoms with Crippen LogP contribution in [0.25, 0.3) is 0 Å². The van der Waals surface area contributed by atoms with Gasteiger partial charge >= 0.3 is 0 Å². The molecule has 3 rings (SSSR count). The van der Waals surface area contributed by atoms with Crippen LogP contribution in [-0.2, 0) is 0 Å². The molecule has 1 saturated heterocycles. The second-order valence-electron chi connectivity index (χ2n) is 4.85. The summed E-state index contributed by atoms with van der Waals surface area (Å²) in [6.45, 7) is 2.12. The molecule has 2 fully saturated rings. The molecule has 2 N–H and O–H groups in total. The minimum absolute atomic E-state index is 0.0110. The van der Waals surface area contributed by atoms with Crippen LogP contribution >= 0.6 is 0 Å². The van der Waals surface area contributed by atoms with Gasteiger partial charge in [-0.15, -0.1) is 5.10 Å². The summed E-state index contributed by atoms with van der Waals surface area (Å²) >= 11 is 0. The molecular formula is C11H17N5O2. The third kappa shape index (κ3) is 2.11. The first kappa shape index (κ1) is 11.6. The highest BCUT2D eigenvalue weighted by Crippen LogP contribution is 2.27. The summed E-state index contributed by atoms with van der Waals surface area (Å²) in [5.74, 6) is -0.120. The van der Waals surface area contributed by atoms with Gasteiger partial charge in [-0.2, -0.15) is 0 Å². The molecule has 1 saturated carbocycles. The van der Waals surface area contributed by atoms with Gasteiger partial charge in [-0.3, -0.25) is 4.79 Å². The zero-order chi connectivity index (χ0) is 12.5. The van der Waals surface area contributed by atoms with E-state index in [4.69, 9.17) is 5.11 Å². The van der Waals surface area contributed by atoms with Crippen molar-refractivity contribution < 1.29 is 9.90 Å². The highest BCUT2D eigenvalue weighted by Gasteiger charge is 2.34. The Labute approximate surface area is 105 Å². The van der Waals surface area contributed by atoms with Crippen LogP contribution in [0.2, 0.25) is 0 Å². The van der Waals surface area contributed by atoms with Crippen LogP contribution in [0.5, 0.6) is 0 Å². The quantitative estimate of drug-likeness (QED) is 0.703. The Morgan fingerprint density at radius 1 is 1.56 bits per heavy atom. The predicted octanol–water partition coefficient (Wildman–Crippen LogP) is -0.981. The summed E-state index contributed by atoms with van der Waals surface area (Å²) < 4.78 is 1.74. The molecule has 7 nitrogen and oxygen atoms in total. The summed E-state index contributed by atoms with van der Waals surface area (Å²) in [5.41, 5.74) is 0.377. The van der Waals surface area contributed by atoms with E-state index in [1.165, 1.54) is 0 Å². The number of hydrogen-bond acceptors (Lipinski definition) is 5. The Morgan fingerprint density at radius 3 is 2.89 bits per heavy atom. The van der Waals surface area contributed by atoms with Gasteiger partial charge in [0.15, 0.2) is 5.69 Å². The lowest BCUT2D eigenvalue weighted by Gasteiger charge is -2.26. The SMILES string of the molecule is O=C(c1cn(C2CNC2)nn1)N(CCO)C1CC1. The minimum Gasteiger partial charge on any atom is -0.395 e. The smallest absolute Gasteiger partial charge is 0.276 e. The lowest BCUT2D eigenvalue weighted by atomic mass is 10.2. The number of amides is 1. The summed E-state index contributed by atoms with van der Waals surface area (Å²) in [5, 5.41) is 20.1. The predicted molar refractivity (Wildman–Crippen MR) is 63.1 cm³/mol. The van der Waals surface area contributed by atoms with Crippen molar-refractivity contribution in [2.45, 2.75) is 24.9 Å². The van der Waals surface area contributed by atoms with Crippen molar-refractivity contribution >= 4 is 5.91 Å². The fourth-order valence-electron chi connectivity index (χ4n) is 2.10. The van der Waals surface area contributed by atoms with E-state index in [0.717, 1.165) is 25.9 Å². The number of rotatable bonds is 5. The van der Waals surface area contributed by atoms with Crippen LogP contribution < -0.4 is 5.32 Å². The molecule has 1 aromatic rings. The topological polar surface area (TPSA) is 83.3 Å². The van der Waals surface area contributed by atoms with Gasteiger partial charge in [0.05, 0.1) is 18.8 Å². The van der Waals surface area contributed by atoms with E-state index < -0.39 is 0 Å². The molecule has 7 heteroatoms. The zero-order valence-electron chi connectivity index (χ0n) is 10.1. The first-order chi connectivity index (χ1) is 8.79. The Hall–Kier alpha value is -1.47. The standard InChI is InChI=1S/C11H17N5O2/c17-4-3-15(8-1-2-8)11(18)10-7-16(14-13-10)9-5-12-6-9/h7-9,12,17H,1-6H2. The molecule has 1 amide bonds. The number of hydrogen-bond donors (Lipinski definition) is 2. The molecule has 98 valence electrons. The van der Waals surface area contributed by atoms with Gasteiger partial charge in [-0.05, 0) is 12.8 Å². The van der Waals surface area contributed by atoms with Gasteiger partial charge in [0.25, 0.3) is 5.91 Å². The van der Waals surface area contributed by atoms with Crippen LogP contribution in [0.4, 0.5) is 0 Å². The molecule has 1 aliphatic heterocycles. The zero-order valence-corrected chi connectivity index (χ0v) is 10.1. The fraction of sp³-hybridized carbons (Fsp3) is 0.727. The summed E-state index contributed by atoms with van der Waals surface area (Å²) in [7, 11) is 0. The van der Waals surface area contributed by atoms with Crippen molar-refractivity contribution in [3.63, 3.8) is 0 Å². The molecular weight excluding hydrogens is 234 g/mol. The second kappa shape index (κ2) is 4.66. The van der Waals surface area contributed by atoms with Crippen LogP contribution in [-0.4, -0.2) is 63.2 Å². The first-order valence-electron chi connectivity index (χ1n) is 6.34. The van der Waals surface area contributed by atoms with Crippen LogP contribution in [0, 0.1) is 0 Å². The van der Waals surface area contributed by atoms with E-state index in [2.05, 4.69) is 15.6 Å².